The van der Waals surface area contributed by atoms with Crippen molar-refractivity contribution in [2.75, 3.05) is 37.8 Å². The Labute approximate surface area is 163 Å². The summed E-state index contributed by atoms with van der Waals surface area (Å²) in [5.74, 6) is 0.210. The van der Waals surface area contributed by atoms with Crippen LogP contribution in [0.25, 0.3) is 0 Å². The first-order valence-electron chi connectivity index (χ1n) is 8.77. The number of benzene rings is 2. The van der Waals surface area contributed by atoms with Gasteiger partial charge in [-0.3, -0.25) is 4.72 Å². The summed E-state index contributed by atoms with van der Waals surface area (Å²) in [5, 5.41) is 0. The Bertz CT molecular complexity index is 943. The molecule has 0 saturated heterocycles. The zero-order valence-electron chi connectivity index (χ0n) is 15.3. The van der Waals surface area contributed by atoms with Gasteiger partial charge in [-0.25, -0.2) is 13.2 Å². The molecule has 0 radical (unpaired) electrons. The van der Waals surface area contributed by atoms with Crippen LogP contribution in [-0.2, 0) is 19.5 Å². The maximum Gasteiger partial charge on any atom is 0.340 e. The van der Waals surface area contributed by atoms with Crippen molar-refractivity contribution >= 4 is 21.7 Å². The lowest BCUT2D eigenvalue weighted by atomic mass is 10.2. The Morgan fingerprint density at radius 1 is 1.07 bits per heavy atom. The second-order valence-corrected chi connectivity index (χ2v) is 7.47. The number of fused-ring (bicyclic) bond motifs is 1. The SMILES string of the molecule is CCOCCOC(=O)c1ccccc1NS(=O)(=O)c1ccc2c(c1)OCCO2. The third kappa shape index (κ3) is 4.73. The number of esters is 1. The van der Waals surface area contributed by atoms with E-state index in [1.165, 1.54) is 30.3 Å². The zero-order chi connectivity index (χ0) is 20.0. The highest BCUT2D eigenvalue weighted by Gasteiger charge is 2.22. The third-order valence-electron chi connectivity index (χ3n) is 3.88. The fraction of sp³-hybridized carbons (Fsp3) is 0.316. The van der Waals surface area contributed by atoms with Gasteiger partial charge in [-0.15, -0.1) is 0 Å². The molecule has 9 heteroatoms. The summed E-state index contributed by atoms with van der Waals surface area (Å²) in [7, 11) is -3.95. The number of hydrogen-bond donors (Lipinski definition) is 1. The maximum atomic E-state index is 12.8. The summed E-state index contributed by atoms with van der Waals surface area (Å²) in [5.41, 5.74) is 0.235. The lowest BCUT2D eigenvalue weighted by molar-refractivity contribution is 0.0336. The van der Waals surface area contributed by atoms with Crippen molar-refractivity contribution in [3.63, 3.8) is 0 Å². The van der Waals surface area contributed by atoms with Crippen LogP contribution in [0.15, 0.2) is 47.4 Å². The van der Waals surface area contributed by atoms with Crippen LogP contribution in [0.2, 0.25) is 0 Å². The van der Waals surface area contributed by atoms with E-state index in [1.54, 1.807) is 12.1 Å². The molecule has 2 aromatic carbocycles. The third-order valence-corrected chi connectivity index (χ3v) is 5.24. The summed E-state index contributed by atoms with van der Waals surface area (Å²) in [6, 6.07) is 10.6. The van der Waals surface area contributed by atoms with E-state index >= 15 is 0 Å². The summed E-state index contributed by atoms with van der Waals surface area (Å²) in [6.45, 7) is 3.47. The van der Waals surface area contributed by atoms with Crippen LogP contribution in [0.4, 0.5) is 5.69 Å². The van der Waals surface area contributed by atoms with Gasteiger partial charge < -0.3 is 18.9 Å². The molecule has 3 rings (SSSR count). The molecule has 8 nitrogen and oxygen atoms in total. The maximum absolute atomic E-state index is 12.8. The molecule has 0 aliphatic carbocycles. The van der Waals surface area contributed by atoms with Gasteiger partial charge in [0.2, 0.25) is 0 Å². The summed E-state index contributed by atoms with van der Waals surface area (Å²) in [4.78, 5) is 12.3. The van der Waals surface area contributed by atoms with Crippen LogP contribution in [0.1, 0.15) is 17.3 Å². The number of hydrogen-bond acceptors (Lipinski definition) is 7. The standard InChI is InChI=1S/C19H21NO7S/c1-2-24-9-10-27-19(21)15-5-3-4-6-16(15)20-28(22,23)14-7-8-17-18(13-14)26-12-11-25-17/h3-8,13,20H,2,9-12H2,1H3. The Balaban J connectivity index is 1.78. The molecule has 1 aliphatic heterocycles. The molecule has 150 valence electrons. The minimum Gasteiger partial charge on any atom is -0.486 e. The summed E-state index contributed by atoms with van der Waals surface area (Å²) < 4.78 is 49.1. The van der Waals surface area contributed by atoms with Crippen molar-refractivity contribution in [2.45, 2.75) is 11.8 Å². The Kier molecular flexibility index (Phi) is 6.37. The smallest absolute Gasteiger partial charge is 0.340 e. The molecular formula is C19H21NO7S. The molecule has 0 bridgehead atoms. The van der Waals surface area contributed by atoms with Crippen molar-refractivity contribution in [1.29, 1.82) is 0 Å². The Hall–Kier alpha value is -2.78. The number of rotatable bonds is 8. The van der Waals surface area contributed by atoms with Gasteiger partial charge in [0.05, 0.1) is 22.8 Å². The molecule has 0 spiro atoms. The molecule has 1 aliphatic rings. The zero-order valence-corrected chi connectivity index (χ0v) is 16.2. The van der Waals surface area contributed by atoms with Crippen LogP contribution in [0, 0.1) is 0 Å². The molecule has 0 saturated carbocycles. The van der Waals surface area contributed by atoms with E-state index in [0.29, 0.717) is 31.3 Å². The number of anilines is 1. The van der Waals surface area contributed by atoms with Crippen LogP contribution < -0.4 is 14.2 Å². The molecule has 0 amide bonds. The molecule has 2 aromatic rings. The van der Waals surface area contributed by atoms with Gasteiger partial charge in [-0.2, -0.15) is 0 Å². The van der Waals surface area contributed by atoms with Crippen LogP contribution in [-0.4, -0.2) is 47.4 Å². The minimum atomic E-state index is -3.95. The van der Waals surface area contributed by atoms with Gasteiger partial charge in [0, 0.05) is 12.7 Å². The highest BCUT2D eigenvalue weighted by Crippen LogP contribution is 2.33. The predicted molar refractivity (Wildman–Crippen MR) is 101 cm³/mol. The van der Waals surface area contributed by atoms with E-state index in [0.717, 1.165) is 0 Å². The highest BCUT2D eigenvalue weighted by molar-refractivity contribution is 7.92. The molecule has 28 heavy (non-hydrogen) atoms. The largest absolute Gasteiger partial charge is 0.486 e. The number of carbonyl (C=O) groups excluding carboxylic acids is 1. The van der Waals surface area contributed by atoms with Gasteiger partial charge in [0.15, 0.2) is 11.5 Å². The van der Waals surface area contributed by atoms with Crippen LogP contribution >= 0.6 is 0 Å². The van der Waals surface area contributed by atoms with Crippen molar-refractivity contribution in [3.8, 4) is 11.5 Å². The fourth-order valence-electron chi connectivity index (χ4n) is 2.56. The molecule has 1 heterocycles. The molecule has 0 aromatic heterocycles. The molecular weight excluding hydrogens is 386 g/mol. The Morgan fingerprint density at radius 3 is 2.61 bits per heavy atom. The van der Waals surface area contributed by atoms with E-state index in [2.05, 4.69) is 4.72 Å². The number of ether oxygens (including phenoxy) is 4. The Morgan fingerprint density at radius 2 is 1.82 bits per heavy atom. The molecule has 0 atom stereocenters. The first-order valence-corrected chi connectivity index (χ1v) is 10.3. The number of carbonyl (C=O) groups is 1. The predicted octanol–water partition coefficient (Wildman–Crippen LogP) is 2.45. The van der Waals surface area contributed by atoms with Gasteiger partial charge in [0.1, 0.15) is 19.8 Å². The quantitative estimate of drug-likeness (QED) is 0.530. The topological polar surface area (TPSA) is 100 Å². The first kappa shape index (κ1) is 20.0. The normalized spacial score (nSPS) is 13.0. The lowest BCUT2D eigenvalue weighted by Gasteiger charge is -2.19. The average Bonchev–Trinajstić information content (AvgIpc) is 2.71. The number of sulfonamides is 1. The molecule has 1 N–H and O–H groups in total. The van der Waals surface area contributed by atoms with E-state index in [4.69, 9.17) is 18.9 Å². The second kappa shape index (κ2) is 8.94. The van der Waals surface area contributed by atoms with Crippen molar-refractivity contribution < 1.29 is 32.2 Å². The van der Waals surface area contributed by atoms with Gasteiger partial charge in [-0.1, -0.05) is 12.1 Å². The van der Waals surface area contributed by atoms with E-state index < -0.39 is 16.0 Å². The van der Waals surface area contributed by atoms with E-state index in [1.807, 2.05) is 6.92 Å². The van der Waals surface area contributed by atoms with E-state index in [9.17, 15) is 13.2 Å². The number of para-hydroxylation sites is 1. The monoisotopic (exact) mass is 407 g/mol. The van der Waals surface area contributed by atoms with Crippen LogP contribution in [0.3, 0.4) is 0 Å². The van der Waals surface area contributed by atoms with Crippen molar-refractivity contribution in [3.05, 3.63) is 48.0 Å². The van der Waals surface area contributed by atoms with Crippen molar-refractivity contribution in [2.24, 2.45) is 0 Å². The van der Waals surface area contributed by atoms with Gasteiger partial charge in [-0.05, 0) is 31.2 Å². The summed E-state index contributed by atoms with van der Waals surface area (Å²) in [6.07, 6.45) is 0. The average molecular weight is 407 g/mol. The summed E-state index contributed by atoms with van der Waals surface area (Å²) >= 11 is 0. The van der Waals surface area contributed by atoms with E-state index in [-0.39, 0.29) is 29.4 Å². The van der Waals surface area contributed by atoms with Crippen molar-refractivity contribution in [1.82, 2.24) is 0 Å². The van der Waals surface area contributed by atoms with Gasteiger partial charge >= 0.3 is 5.97 Å². The number of nitrogens with one attached hydrogen (secondary N) is 1. The second-order valence-electron chi connectivity index (χ2n) is 5.79. The van der Waals surface area contributed by atoms with Crippen LogP contribution in [0.5, 0.6) is 11.5 Å². The molecule has 0 unspecified atom stereocenters. The first-order chi connectivity index (χ1) is 13.5. The molecule has 0 fully saturated rings. The highest BCUT2D eigenvalue weighted by atomic mass is 32.2. The fourth-order valence-corrected chi connectivity index (χ4v) is 3.65. The van der Waals surface area contributed by atoms with Gasteiger partial charge in [0.25, 0.3) is 10.0 Å². The lowest BCUT2D eigenvalue weighted by Crippen LogP contribution is -2.19. The minimum absolute atomic E-state index is 0.00346.